The molecular formula is C60H38N2S. The van der Waals surface area contributed by atoms with Crippen LogP contribution in [0.15, 0.2) is 231 Å². The summed E-state index contributed by atoms with van der Waals surface area (Å²) in [5.74, 6) is 0. The van der Waals surface area contributed by atoms with Crippen LogP contribution in [0.5, 0.6) is 0 Å². The van der Waals surface area contributed by atoms with Crippen LogP contribution in [0.4, 0.5) is 17.1 Å². The van der Waals surface area contributed by atoms with Gasteiger partial charge < -0.3 is 9.47 Å². The lowest BCUT2D eigenvalue weighted by molar-refractivity contribution is 1.18. The minimum absolute atomic E-state index is 1.11. The summed E-state index contributed by atoms with van der Waals surface area (Å²) in [6.07, 6.45) is 0. The Morgan fingerprint density at radius 1 is 0.270 bits per heavy atom. The van der Waals surface area contributed by atoms with Crippen molar-refractivity contribution < 1.29 is 0 Å². The summed E-state index contributed by atoms with van der Waals surface area (Å²) in [5.41, 5.74) is 11.7. The van der Waals surface area contributed by atoms with Gasteiger partial charge in [0.1, 0.15) is 0 Å². The average molecular weight is 819 g/mol. The van der Waals surface area contributed by atoms with Crippen molar-refractivity contribution in [2.24, 2.45) is 0 Å². The molecule has 13 aromatic rings. The van der Waals surface area contributed by atoms with E-state index in [9.17, 15) is 0 Å². The summed E-state index contributed by atoms with van der Waals surface area (Å²) < 4.78 is 4.98. The molecule has 0 aliphatic rings. The second-order valence-corrected chi connectivity index (χ2v) is 17.6. The van der Waals surface area contributed by atoms with Gasteiger partial charge in [-0.25, -0.2) is 0 Å². The highest BCUT2D eigenvalue weighted by molar-refractivity contribution is 7.25. The zero-order valence-corrected chi connectivity index (χ0v) is 35.1. The van der Waals surface area contributed by atoms with E-state index in [0.717, 1.165) is 17.1 Å². The maximum atomic E-state index is 2.40. The molecule has 0 aliphatic carbocycles. The molecule has 3 heteroatoms. The Hall–Kier alpha value is -7.98. The molecule has 0 saturated heterocycles. The minimum atomic E-state index is 1.11. The molecule has 11 aromatic carbocycles. The summed E-state index contributed by atoms with van der Waals surface area (Å²) in [7, 11) is 0. The fraction of sp³-hybridized carbons (Fsp3) is 0. The molecule has 294 valence electrons. The van der Waals surface area contributed by atoms with Gasteiger partial charge in [-0.3, -0.25) is 0 Å². The zero-order chi connectivity index (χ0) is 41.4. The molecule has 0 amide bonds. The van der Waals surface area contributed by atoms with Gasteiger partial charge in [0.05, 0.1) is 11.0 Å². The number of rotatable bonds is 6. The van der Waals surface area contributed by atoms with Gasteiger partial charge in [-0.2, -0.15) is 0 Å². The molecule has 0 atom stereocenters. The smallest absolute Gasteiger partial charge is 0.0541 e. The Kier molecular flexibility index (Phi) is 8.12. The van der Waals surface area contributed by atoms with Crippen LogP contribution in [0.1, 0.15) is 0 Å². The Bertz CT molecular complexity index is 3860. The van der Waals surface area contributed by atoms with E-state index < -0.39 is 0 Å². The Morgan fingerprint density at radius 2 is 0.730 bits per heavy atom. The van der Waals surface area contributed by atoms with Crippen molar-refractivity contribution in [3.05, 3.63) is 231 Å². The highest BCUT2D eigenvalue weighted by atomic mass is 32.1. The normalized spacial score (nSPS) is 11.8. The minimum Gasteiger partial charge on any atom is -0.310 e. The van der Waals surface area contributed by atoms with Crippen LogP contribution in [0, 0.1) is 0 Å². The largest absolute Gasteiger partial charge is 0.310 e. The van der Waals surface area contributed by atoms with Crippen molar-refractivity contribution in [1.82, 2.24) is 4.57 Å². The molecule has 0 N–H and O–H groups in total. The molecule has 0 unspecified atom stereocenters. The first-order chi connectivity index (χ1) is 31.2. The second-order valence-electron chi connectivity index (χ2n) is 16.5. The number of para-hydroxylation sites is 2. The van der Waals surface area contributed by atoms with Gasteiger partial charge in [-0.15, -0.1) is 11.3 Å². The van der Waals surface area contributed by atoms with Crippen molar-refractivity contribution in [1.29, 1.82) is 0 Å². The monoisotopic (exact) mass is 818 g/mol. The number of hydrogen-bond acceptors (Lipinski definition) is 2. The van der Waals surface area contributed by atoms with E-state index >= 15 is 0 Å². The van der Waals surface area contributed by atoms with Crippen LogP contribution in [-0.2, 0) is 0 Å². The van der Waals surface area contributed by atoms with Crippen LogP contribution >= 0.6 is 11.3 Å². The lowest BCUT2D eigenvalue weighted by Crippen LogP contribution is -2.09. The van der Waals surface area contributed by atoms with E-state index in [1.807, 2.05) is 11.3 Å². The van der Waals surface area contributed by atoms with Crippen LogP contribution in [0.2, 0.25) is 0 Å². The number of anilines is 3. The lowest BCUT2D eigenvalue weighted by Gasteiger charge is -2.26. The predicted molar refractivity (Wildman–Crippen MR) is 272 cm³/mol. The molecule has 0 radical (unpaired) electrons. The van der Waals surface area contributed by atoms with Crippen molar-refractivity contribution in [3.63, 3.8) is 0 Å². The number of hydrogen-bond donors (Lipinski definition) is 0. The fourth-order valence-electron chi connectivity index (χ4n) is 10.0. The van der Waals surface area contributed by atoms with Crippen molar-refractivity contribution in [2.75, 3.05) is 4.90 Å². The number of nitrogens with zero attached hydrogens (tertiary/aromatic N) is 2. The molecule has 13 rings (SSSR count). The molecule has 2 heterocycles. The maximum absolute atomic E-state index is 2.40. The first-order valence-corrected chi connectivity index (χ1v) is 22.4. The van der Waals surface area contributed by atoms with Crippen LogP contribution in [0.25, 0.3) is 102 Å². The van der Waals surface area contributed by atoms with Gasteiger partial charge in [-0.05, 0) is 140 Å². The zero-order valence-electron chi connectivity index (χ0n) is 34.2. The first-order valence-electron chi connectivity index (χ1n) is 21.6. The molecule has 2 nitrogen and oxygen atoms in total. The van der Waals surface area contributed by atoms with Gasteiger partial charge in [-0.1, -0.05) is 146 Å². The van der Waals surface area contributed by atoms with Gasteiger partial charge in [0.2, 0.25) is 0 Å². The Labute approximate surface area is 368 Å². The maximum Gasteiger partial charge on any atom is 0.0541 e. The third kappa shape index (κ3) is 5.78. The standard InChI is InChI=1S/C60H38N2S/c1-2-12-43(13-3-1)62-57-20-10-8-18-52(57)55-37-42(27-34-58(55)62)40-24-30-45(31-25-40)61(46-32-35-60-56(38-46)53-19-9-11-21-59(53)63-60)44-28-22-39(23-29-44)41-26-33-51-49-16-5-4-14-47(49)48-15-6-7-17-50(48)54(51)36-41/h1-38H. The van der Waals surface area contributed by atoms with Gasteiger partial charge >= 0.3 is 0 Å². The highest BCUT2D eigenvalue weighted by Gasteiger charge is 2.18. The number of aromatic nitrogens is 1. The highest BCUT2D eigenvalue weighted by Crippen LogP contribution is 2.43. The van der Waals surface area contributed by atoms with E-state index in [0.29, 0.717) is 0 Å². The molecule has 2 aromatic heterocycles. The third-order valence-corrected chi connectivity index (χ3v) is 14.1. The Balaban J connectivity index is 0.913. The molecule has 0 spiro atoms. The molecule has 63 heavy (non-hydrogen) atoms. The first kappa shape index (κ1) is 35.7. The van der Waals surface area contributed by atoms with Gasteiger partial charge in [0, 0.05) is 53.7 Å². The van der Waals surface area contributed by atoms with E-state index in [1.165, 1.54) is 102 Å². The molecular weight excluding hydrogens is 781 g/mol. The number of thiophene rings is 1. The van der Waals surface area contributed by atoms with E-state index in [1.54, 1.807) is 0 Å². The predicted octanol–water partition coefficient (Wildman–Crippen LogP) is 17.4. The molecule has 0 aliphatic heterocycles. The summed E-state index contributed by atoms with van der Waals surface area (Å²) in [4.78, 5) is 2.40. The van der Waals surface area contributed by atoms with Crippen molar-refractivity contribution in [2.45, 2.75) is 0 Å². The third-order valence-electron chi connectivity index (χ3n) is 13.0. The van der Waals surface area contributed by atoms with Gasteiger partial charge in [0.25, 0.3) is 0 Å². The number of benzene rings is 11. The fourth-order valence-corrected chi connectivity index (χ4v) is 11.1. The Morgan fingerprint density at radius 3 is 1.40 bits per heavy atom. The van der Waals surface area contributed by atoms with Crippen molar-refractivity contribution >= 4 is 103 Å². The molecule has 0 saturated carbocycles. The van der Waals surface area contributed by atoms with E-state index in [-0.39, 0.29) is 0 Å². The summed E-state index contributed by atoms with van der Waals surface area (Å²) in [6, 6.07) is 84.7. The topological polar surface area (TPSA) is 8.17 Å². The number of fused-ring (bicyclic) bond motifs is 12. The van der Waals surface area contributed by atoms with Crippen molar-refractivity contribution in [3.8, 4) is 27.9 Å². The summed E-state index contributed by atoms with van der Waals surface area (Å²) >= 11 is 1.86. The lowest BCUT2D eigenvalue weighted by atomic mass is 9.92. The van der Waals surface area contributed by atoms with E-state index in [4.69, 9.17) is 0 Å². The second kappa shape index (κ2) is 14.3. The summed E-state index contributed by atoms with van der Waals surface area (Å²) in [5, 5.41) is 12.8. The average Bonchev–Trinajstić information content (AvgIpc) is 3.90. The van der Waals surface area contributed by atoms with Crippen LogP contribution < -0.4 is 4.90 Å². The van der Waals surface area contributed by atoms with E-state index in [2.05, 4.69) is 240 Å². The molecule has 0 fully saturated rings. The quantitative estimate of drug-likeness (QED) is 0.152. The molecule has 0 bridgehead atoms. The summed E-state index contributed by atoms with van der Waals surface area (Å²) in [6.45, 7) is 0. The SMILES string of the molecule is c1ccc(-n2c3ccccc3c3cc(-c4ccc(N(c5ccc(-c6ccc7c8ccccc8c8ccccc8c7c6)cc5)c5ccc6sc7ccccc7c6c5)cc4)ccc32)cc1. The van der Waals surface area contributed by atoms with Crippen LogP contribution in [0.3, 0.4) is 0 Å². The van der Waals surface area contributed by atoms with Gasteiger partial charge in [0.15, 0.2) is 0 Å². The van der Waals surface area contributed by atoms with Crippen LogP contribution in [-0.4, -0.2) is 4.57 Å².